The quantitative estimate of drug-likeness (QED) is 0.564. The number of benzene rings is 2. The third kappa shape index (κ3) is 2.57. The first kappa shape index (κ1) is 14.6. The maximum absolute atomic E-state index is 12.3. The molecule has 3 nitrogen and oxygen atoms in total. The summed E-state index contributed by atoms with van der Waals surface area (Å²) in [4.78, 5) is 26.3. The van der Waals surface area contributed by atoms with Gasteiger partial charge in [-0.3, -0.25) is 14.9 Å². The molecule has 0 saturated heterocycles. The molecule has 2 amide bonds. The third-order valence-electron chi connectivity index (χ3n) is 3.91. The second-order valence-electron chi connectivity index (χ2n) is 5.45. The first-order chi connectivity index (χ1) is 11.7. The molecule has 0 saturated carbocycles. The third-order valence-corrected chi connectivity index (χ3v) is 4.99. The first-order valence-corrected chi connectivity index (χ1v) is 8.36. The van der Waals surface area contributed by atoms with Crippen LogP contribution in [0.3, 0.4) is 0 Å². The molecule has 0 spiro atoms. The first-order valence-electron chi connectivity index (χ1n) is 7.54. The molecule has 0 aliphatic carbocycles. The number of imide groups is 1. The van der Waals surface area contributed by atoms with Crippen LogP contribution in [0.4, 0.5) is 0 Å². The molecule has 0 atom stereocenters. The van der Waals surface area contributed by atoms with Crippen LogP contribution >= 0.6 is 11.3 Å². The zero-order valence-corrected chi connectivity index (χ0v) is 13.5. The fraction of sp³-hybridized carbons (Fsp3) is 0. The van der Waals surface area contributed by atoms with Crippen molar-refractivity contribution in [2.75, 3.05) is 0 Å². The highest BCUT2D eigenvalue weighted by Crippen LogP contribution is 2.32. The molecule has 4 heteroatoms. The lowest BCUT2D eigenvalue weighted by molar-refractivity contribution is -0.114. The Morgan fingerprint density at radius 2 is 1.46 bits per heavy atom. The monoisotopic (exact) mass is 331 g/mol. The number of rotatable bonds is 2. The molecule has 1 aliphatic rings. The summed E-state index contributed by atoms with van der Waals surface area (Å²) in [5, 5.41) is 2.40. The summed E-state index contributed by atoms with van der Waals surface area (Å²) in [5.74, 6) is -0.697. The average molecular weight is 331 g/mol. The molecule has 4 rings (SSSR count). The minimum absolute atomic E-state index is 0.344. The van der Waals surface area contributed by atoms with Crippen molar-refractivity contribution >= 4 is 34.8 Å². The highest BCUT2D eigenvalue weighted by Gasteiger charge is 2.26. The van der Waals surface area contributed by atoms with E-state index in [0.29, 0.717) is 16.7 Å². The van der Waals surface area contributed by atoms with E-state index in [-0.39, 0.29) is 11.8 Å². The summed E-state index contributed by atoms with van der Waals surface area (Å²) in [6, 6.07) is 21.3. The fourth-order valence-electron chi connectivity index (χ4n) is 2.75. The van der Waals surface area contributed by atoms with Crippen molar-refractivity contribution in [3.05, 3.63) is 82.7 Å². The molecule has 1 N–H and O–H groups in total. The standard InChI is InChI=1S/C20H13NO2S/c22-19-16-9-5-4-8-15(16)17(20(23)21-19)12-14-10-11-18(24-14)13-6-2-1-3-7-13/h1-12H,(H,21,22,23)/b17-12-. The van der Waals surface area contributed by atoms with Crippen molar-refractivity contribution < 1.29 is 9.59 Å². The Kier molecular flexibility index (Phi) is 3.59. The summed E-state index contributed by atoms with van der Waals surface area (Å²) in [5.41, 5.74) is 2.88. The normalized spacial score (nSPS) is 15.2. The van der Waals surface area contributed by atoms with Crippen LogP contribution in [0.1, 0.15) is 20.8 Å². The Bertz CT molecular complexity index is 970. The van der Waals surface area contributed by atoms with Crippen LogP contribution in [-0.4, -0.2) is 11.8 Å². The number of carbonyl (C=O) groups is 2. The van der Waals surface area contributed by atoms with E-state index in [1.807, 2.05) is 48.5 Å². The zero-order chi connectivity index (χ0) is 16.5. The van der Waals surface area contributed by atoms with E-state index in [9.17, 15) is 9.59 Å². The molecular formula is C20H13NO2S. The van der Waals surface area contributed by atoms with Gasteiger partial charge in [0.15, 0.2) is 0 Å². The smallest absolute Gasteiger partial charge is 0.258 e. The van der Waals surface area contributed by atoms with E-state index < -0.39 is 0 Å². The van der Waals surface area contributed by atoms with Crippen molar-refractivity contribution in [2.45, 2.75) is 0 Å². The minimum atomic E-state index is -0.353. The minimum Gasteiger partial charge on any atom is -0.288 e. The SMILES string of the molecule is O=C1NC(=O)c2ccccc2/C1=C/c1ccc(-c2ccccc2)s1. The largest absolute Gasteiger partial charge is 0.288 e. The van der Waals surface area contributed by atoms with Crippen LogP contribution in [0.5, 0.6) is 0 Å². The van der Waals surface area contributed by atoms with E-state index in [1.54, 1.807) is 23.5 Å². The van der Waals surface area contributed by atoms with Crippen LogP contribution in [0.2, 0.25) is 0 Å². The number of nitrogens with one attached hydrogen (secondary N) is 1. The van der Waals surface area contributed by atoms with Gasteiger partial charge in [0.05, 0.1) is 0 Å². The average Bonchev–Trinajstić information content (AvgIpc) is 3.08. The lowest BCUT2D eigenvalue weighted by Crippen LogP contribution is -2.36. The van der Waals surface area contributed by atoms with Crippen LogP contribution in [0, 0.1) is 0 Å². The fourth-order valence-corrected chi connectivity index (χ4v) is 3.71. The molecule has 3 aromatic rings. The summed E-state index contributed by atoms with van der Waals surface area (Å²) in [6.07, 6.45) is 1.84. The van der Waals surface area contributed by atoms with Gasteiger partial charge in [-0.15, -0.1) is 11.3 Å². The van der Waals surface area contributed by atoms with Crippen LogP contribution in [0.15, 0.2) is 66.7 Å². The molecule has 0 bridgehead atoms. The van der Waals surface area contributed by atoms with E-state index in [4.69, 9.17) is 0 Å². The Labute approximate surface area is 143 Å². The molecule has 1 aliphatic heterocycles. The predicted molar refractivity (Wildman–Crippen MR) is 96.5 cm³/mol. The molecule has 116 valence electrons. The molecular weight excluding hydrogens is 318 g/mol. The number of amides is 2. The molecule has 0 radical (unpaired) electrons. The highest BCUT2D eigenvalue weighted by molar-refractivity contribution is 7.16. The van der Waals surface area contributed by atoms with Gasteiger partial charge in [0.25, 0.3) is 11.8 Å². The van der Waals surface area contributed by atoms with E-state index in [1.165, 1.54) is 0 Å². The molecule has 2 heterocycles. The molecule has 0 fully saturated rings. The number of fused-ring (bicyclic) bond motifs is 1. The Balaban J connectivity index is 1.76. The van der Waals surface area contributed by atoms with Crippen molar-refractivity contribution in [2.24, 2.45) is 0 Å². The Morgan fingerprint density at radius 3 is 2.25 bits per heavy atom. The summed E-state index contributed by atoms with van der Waals surface area (Å²) >= 11 is 1.62. The summed E-state index contributed by atoms with van der Waals surface area (Å²) in [6.45, 7) is 0. The molecule has 0 unspecified atom stereocenters. The van der Waals surface area contributed by atoms with E-state index >= 15 is 0 Å². The Morgan fingerprint density at radius 1 is 0.750 bits per heavy atom. The Hall–Kier alpha value is -2.98. The molecule has 24 heavy (non-hydrogen) atoms. The number of thiophene rings is 1. The van der Waals surface area contributed by atoms with Gasteiger partial charge in [0, 0.05) is 20.9 Å². The van der Waals surface area contributed by atoms with Crippen LogP contribution in [-0.2, 0) is 4.79 Å². The number of hydrogen-bond donors (Lipinski definition) is 1. The second kappa shape index (κ2) is 5.91. The van der Waals surface area contributed by atoms with Crippen LogP contribution < -0.4 is 5.32 Å². The number of carbonyl (C=O) groups excluding carboxylic acids is 2. The lowest BCUT2D eigenvalue weighted by Gasteiger charge is -2.17. The predicted octanol–water partition coefficient (Wildman–Crippen LogP) is 4.23. The maximum atomic E-state index is 12.3. The summed E-state index contributed by atoms with van der Waals surface area (Å²) in [7, 11) is 0. The van der Waals surface area contributed by atoms with Gasteiger partial charge in [0.1, 0.15) is 0 Å². The topological polar surface area (TPSA) is 46.2 Å². The lowest BCUT2D eigenvalue weighted by atomic mass is 9.94. The van der Waals surface area contributed by atoms with Crippen molar-refractivity contribution in [3.8, 4) is 10.4 Å². The van der Waals surface area contributed by atoms with Gasteiger partial charge in [0.2, 0.25) is 0 Å². The van der Waals surface area contributed by atoms with Gasteiger partial charge in [-0.05, 0) is 35.4 Å². The molecule has 2 aromatic carbocycles. The van der Waals surface area contributed by atoms with Gasteiger partial charge in [-0.2, -0.15) is 0 Å². The van der Waals surface area contributed by atoms with Crippen LogP contribution in [0.25, 0.3) is 22.1 Å². The van der Waals surface area contributed by atoms with Gasteiger partial charge in [-0.1, -0.05) is 48.5 Å². The molecule has 1 aromatic heterocycles. The highest BCUT2D eigenvalue weighted by atomic mass is 32.1. The van der Waals surface area contributed by atoms with Gasteiger partial charge < -0.3 is 0 Å². The summed E-state index contributed by atoms with van der Waals surface area (Å²) < 4.78 is 0. The van der Waals surface area contributed by atoms with Crippen molar-refractivity contribution in [1.82, 2.24) is 5.32 Å². The van der Waals surface area contributed by atoms with E-state index in [0.717, 1.165) is 15.3 Å². The zero-order valence-electron chi connectivity index (χ0n) is 12.7. The van der Waals surface area contributed by atoms with Gasteiger partial charge in [-0.25, -0.2) is 0 Å². The van der Waals surface area contributed by atoms with Crippen molar-refractivity contribution in [3.63, 3.8) is 0 Å². The second-order valence-corrected chi connectivity index (χ2v) is 6.57. The maximum Gasteiger partial charge on any atom is 0.258 e. The number of hydrogen-bond acceptors (Lipinski definition) is 3. The van der Waals surface area contributed by atoms with Crippen molar-refractivity contribution in [1.29, 1.82) is 0 Å². The van der Waals surface area contributed by atoms with E-state index in [2.05, 4.69) is 17.4 Å². The van der Waals surface area contributed by atoms with Gasteiger partial charge >= 0.3 is 0 Å².